The minimum atomic E-state index is -0.773. The number of nitro groups is 2. The van der Waals surface area contributed by atoms with E-state index in [0.717, 1.165) is 11.3 Å². The van der Waals surface area contributed by atoms with Crippen molar-refractivity contribution in [1.82, 2.24) is 15.1 Å². The van der Waals surface area contributed by atoms with E-state index in [0.29, 0.717) is 42.8 Å². The minimum absolute atomic E-state index is 0.0473. The molecule has 0 bridgehead atoms. The monoisotopic (exact) mass is 693 g/mol. The second-order valence-electron chi connectivity index (χ2n) is 11.6. The van der Waals surface area contributed by atoms with Crippen LogP contribution >= 0.6 is 11.8 Å². The van der Waals surface area contributed by atoms with Crippen LogP contribution in [0.25, 0.3) is 0 Å². The van der Waals surface area contributed by atoms with E-state index >= 15 is 0 Å². The SMILES string of the molecule is COc1ccc(CS[C@H]2C[C@@H](C(=O)N3CC[C@@H](NC(=O)OCc4ccc([N+](=O)[O-])cc4)C3)N(C(=O)OCc3ccc([N+](=O)[O-])cc3)C2)cc1. The predicted molar refractivity (Wildman–Crippen MR) is 178 cm³/mol. The number of methoxy groups -OCH3 is 1. The summed E-state index contributed by atoms with van der Waals surface area (Å²) in [7, 11) is 1.60. The molecule has 2 heterocycles. The Hall–Kier alpha value is -5.38. The number of hydrogen-bond acceptors (Lipinski definition) is 11. The molecule has 0 saturated carbocycles. The van der Waals surface area contributed by atoms with Gasteiger partial charge in [0.05, 0.1) is 23.0 Å². The number of thioether (sulfide) groups is 1. The lowest BCUT2D eigenvalue weighted by molar-refractivity contribution is -0.385. The first-order valence-corrected chi connectivity index (χ1v) is 16.5. The van der Waals surface area contributed by atoms with E-state index in [4.69, 9.17) is 14.2 Å². The van der Waals surface area contributed by atoms with Gasteiger partial charge in [0, 0.05) is 54.9 Å². The number of rotatable bonds is 12. The second-order valence-corrected chi connectivity index (χ2v) is 12.9. The first-order valence-electron chi connectivity index (χ1n) is 15.5. The van der Waals surface area contributed by atoms with Gasteiger partial charge in [0.2, 0.25) is 5.91 Å². The van der Waals surface area contributed by atoms with Crippen molar-refractivity contribution < 1.29 is 38.4 Å². The van der Waals surface area contributed by atoms with Crippen molar-refractivity contribution in [2.75, 3.05) is 26.7 Å². The predicted octanol–water partition coefficient (Wildman–Crippen LogP) is 5.05. The fraction of sp³-hybridized carbons (Fsp3) is 0.364. The molecule has 3 amide bonds. The van der Waals surface area contributed by atoms with Gasteiger partial charge in [-0.05, 0) is 65.9 Å². The summed E-state index contributed by atoms with van der Waals surface area (Å²) in [4.78, 5) is 63.5. The van der Waals surface area contributed by atoms with Crippen molar-refractivity contribution in [1.29, 1.82) is 0 Å². The zero-order chi connectivity index (χ0) is 34.9. The van der Waals surface area contributed by atoms with E-state index in [2.05, 4.69) is 5.32 Å². The Labute approximate surface area is 285 Å². The molecule has 0 unspecified atom stereocenters. The summed E-state index contributed by atoms with van der Waals surface area (Å²) in [6.07, 6.45) is -0.429. The molecule has 5 rings (SSSR count). The quantitative estimate of drug-likeness (QED) is 0.198. The molecule has 1 N–H and O–H groups in total. The molecular formula is C33H35N5O10S. The largest absolute Gasteiger partial charge is 0.497 e. The number of carbonyl (C=O) groups is 3. The maximum absolute atomic E-state index is 13.8. The molecule has 0 aliphatic carbocycles. The molecule has 2 fully saturated rings. The van der Waals surface area contributed by atoms with Gasteiger partial charge in [-0.25, -0.2) is 9.59 Å². The van der Waals surface area contributed by atoms with Gasteiger partial charge < -0.3 is 24.4 Å². The Morgan fingerprint density at radius 3 is 1.98 bits per heavy atom. The van der Waals surface area contributed by atoms with Crippen LogP contribution in [-0.2, 0) is 33.2 Å². The first kappa shape index (κ1) is 34.9. The van der Waals surface area contributed by atoms with Crippen molar-refractivity contribution in [3.8, 4) is 5.75 Å². The molecule has 49 heavy (non-hydrogen) atoms. The van der Waals surface area contributed by atoms with Gasteiger partial charge in [-0.15, -0.1) is 0 Å². The number of non-ortho nitro benzene ring substituents is 2. The van der Waals surface area contributed by atoms with Crippen molar-refractivity contribution in [2.45, 2.75) is 49.1 Å². The Kier molecular flexibility index (Phi) is 11.5. The maximum Gasteiger partial charge on any atom is 0.410 e. The lowest BCUT2D eigenvalue weighted by atomic mass is 10.2. The number of likely N-dealkylation sites (tertiary alicyclic amines) is 2. The van der Waals surface area contributed by atoms with Crippen LogP contribution in [0.5, 0.6) is 5.75 Å². The van der Waals surface area contributed by atoms with E-state index in [-0.39, 0.29) is 48.3 Å². The lowest BCUT2D eigenvalue weighted by Gasteiger charge is -2.27. The molecular weight excluding hydrogens is 658 g/mol. The topological polar surface area (TPSA) is 184 Å². The third-order valence-electron chi connectivity index (χ3n) is 8.28. The highest BCUT2D eigenvalue weighted by Crippen LogP contribution is 2.32. The van der Waals surface area contributed by atoms with Crippen molar-refractivity contribution in [2.24, 2.45) is 0 Å². The summed E-state index contributed by atoms with van der Waals surface area (Å²) in [6.45, 7) is 0.708. The molecule has 258 valence electrons. The first-order chi connectivity index (χ1) is 23.6. The smallest absolute Gasteiger partial charge is 0.410 e. The molecule has 3 atom stereocenters. The number of hydrogen-bond donors (Lipinski definition) is 1. The van der Waals surface area contributed by atoms with E-state index in [1.807, 2.05) is 24.3 Å². The van der Waals surface area contributed by atoms with Crippen molar-refractivity contribution in [3.05, 3.63) is 110 Å². The number of nitrogens with one attached hydrogen (secondary N) is 1. The van der Waals surface area contributed by atoms with Crippen LogP contribution in [0, 0.1) is 20.2 Å². The summed E-state index contributed by atoms with van der Waals surface area (Å²) in [5, 5.41) is 24.5. The average molecular weight is 694 g/mol. The molecule has 16 heteroatoms. The van der Waals surface area contributed by atoms with Crippen LogP contribution < -0.4 is 10.1 Å². The van der Waals surface area contributed by atoms with Crippen LogP contribution in [-0.4, -0.2) is 81.8 Å². The summed E-state index contributed by atoms with van der Waals surface area (Å²) in [6, 6.07) is 17.9. The molecule has 0 radical (unpaired) electrons. The highest BCUT2D eigenvalue weighted by Gasteiger charge is 2.43. The summed E-state index contributed by atoms with van der Waals surface area (Å²) >= 11 is 1.64. The van der Waals surface area contributed by atoms with Gasteiger partial charge in [0.1, 0.15) is 25.0 Å². The van der Waals surface area contributed by atoms with Gasteiger partial charge >= 0.3 is 12.2 Å². The second kappa shape index (κ2) is 16.1. The van der Waals surface area contributed by atoms with E-state index < -0.39 is 28.1 Å². The number of alkyl carbamates (subject to hydrolysis) is 1. The minimum Gasteiger partial charge on any atom is -0.497 e. The average Bonchev–Trinajstić information content (AvgIpc) is 3.77. The molecule has 3 aromatic rings. The van der Waals surface area contributed by atoms with Crippen LogP contribution in [0.15, 0.2) is 72.8 Å². The van der Waals surface area contributed by atoms with Crippen LogP contribution in [0.1, 0.15) is 29.5 Å². The highest BCUT2D eigenvalue weighted by atomic mass is 32.2. The van der Waals surface area contributed by atoms with Gasteiger partial charge in [-0.1, -0.05) is 12.1 Å². The third kappa shape index (κ3) is 9.37. The molecule has 2 saturated heterocycles. The number of nitrogens with zero attached hydrogens (tertiary/aromatic N) is 4. The fourth-order valence-corrected chi connectivity index (χ4v) is 6.80. The molecule has 0 aromatic heterocycles. The van der Waals surface area contributed by atoms with Gasteiger partial charge in [-0.3, -0.25) is 29.9 Å². The zero-order valence-corrected chi connectivity index (χ0v) is 27.4. The Morgan fingerprint density at radius 1 is 0.837 bits per heavy atom. The van der Waals surface area contributed by atoms with Gasteiger partial charge in [0.15, 0.2) is 0 Å². The molecule has 2 aliphatic rings. The molecule has 15 nitrogen and oxygen atoms in total. The lowest BCUT2D eigenvalue weighted by Crippen LogP contribution is -2.48. The standard InChI is InChI=1S/C33H35N5O10S/c1-46-28-12-6-24(7-13-28)21-49-29-16-30(36(18-29)33(41)48-20-23-4-10-27(11-5-23)38(44)45)31(39)35-15-14-25(17-35)34-32(40)47-19-22-2-8-26(9-3-22)37(42)43/h2-13,25,29-30H,14-21H2,1H3,(H,34,40)/t25-,29+,30+/m1/s1. The Balaban J connectivity index is 1.17. The number of carbonyl (C=O) groups excluding carboxylic acids is 3. The van der Waals surface area contributed by atoms with Gasteiger partial charge in [-0.2, -0.15) is 11.8 Å². The Bertz CT molecular complexity index is 1660. The normalized spacial score (nSPS) is 18.5. The van der Waals surface area contributed by atoms with Crippen molar-refractivity contribution >= 4 is 41.2 Å². The summed E-state index contributed by atoms with van der Waals surface area (Å²) < 4.78 is 16.1. The zero-order valence-electron chi connectivity index (χ0n) is 26.6. The molecule has 0 spiro atoms. The Morgan fingerprint density at radius 2 is 1.41 bits per heavy atom. The number of amides is 3. The summed E-state index contributed by atoms with van der Waals surface area (Å²) in [5.74, 6) is 1.17. The van der Waals surface area contributed by atoms with Crippen molar-refractivity contribution in [3.63, 3.8) is 0 Å². The van der Waals surface area contributed by atoms with E-state index in [9.17, 15) is 34.6 Å². The number of ether oxygens (including phenoxy) is 3. The summed E-state index contributed by atoms with van der Waals surface area (Å²) in [5.41, 5.74) is 2.09. The number of benzene rings is 3. The van der Waals surface area contributed by atoms with Gasteiger partial charge in [0.25, 0.3) is 11.4 Å². The van der Waals surface area contributed by atoms with E-state index in [1.165, 1.54) is 53.4 Å². The third-order valence-corrected chi connectivity index (χ3v) is 9.59. The fourth-order valence-electron chi connectivity index (χ4n) is 5.59. The van der Waals surface area contributed by atoms with Crippen LogP contribution in [0.3, 0.4) is 0 Å². The maximum atomic E-state index is 13.8. The van der Waals surface area contributed by atoms with Crippen LogP contribution in [0.2, 0.25) is 0 Å². The van der Waals surface area contributed by atoms with Crippen LogP contribution in [0.4, 0.5) is 21.0 Å². The highest BCUT2D eigenvalue weighted by molar-refractivity contribution is 7.99. The molecule has 2 aliphatic heterocycles. The molecule has 3 aromatic carbocycles. The van der Waals surface area contributed by atoms with E-state index in [1.54, 1.807) is 23.8 Å². The number of nitro benzene ring substituents is 2.